The summed E-state index contributed by atoms with van der Waals surface area (Å²) in [5.41, 5.74) is 3.34. The minimum Gasteiger partial charge on any atom is -0.482 e. The Balaban J connectivity index is 1.32. The number of carbonyl (C=O) groups excluding carboxylic acids is 2. The Labute approximate surface area is 164 Å². The maximum absolute atomic E-state index is 13.1. The summed E-state index contributed by atoms with van der Waals surface area (Å²) >= 11 is 0. The Morgan fingerprint density at radius 3 is 2.71 bits per heavy atom. The summed E-state index contributed by atoms with van der Waals surface area (Å²) in [7, 11) is 0. The zero-order chi connectivity index (χ0) is 19.1. The van der Waals surface area contributed by atoms with Gasteiger partial charge in [0.05, 0.1) is 11.7 Å². The van der Waals surface area contributed by atoms with Crippen molar-refractivity contribution in [2.24, 2.45) is 0 Å². The molecule has 2 aromatic rings. The standard InChI is InChI=1S/C22H23N3O3/c26-21(14-25-19-8-3-4-9-20(19)28-15-22(25)27)23-10-5-11-24-17(13-23)12-16-6-1-2-7-18(16)24/h1-4,6-9,17H,5,10-15H2. The first-order chi connectivity index (χ1) is 13.7. The Morgan fingerprint density at radius 2 is 1.82 bits per heavy atom. The molecule has 0 saturated carbocycles. The molecule has 144 valence electrons. The van der Waals surface area contributed by atoms with Crippen LogP contribution >= 0.6 is 0 Å². The van der Waals surface area contributed by atoms with Gasteiger partial charge in [-0.2, -0.15) is 0 Å². The Bertz CT molecular complexity index is 929. The molecule has 3 aliphatic heterocycles. The van der Waals surface area contributed by atoms with E-state index >= 15 is 0 Å². The molecule has 0 aromatic heterocycles. The van der Waals surface area contributed by atoms with Crippen molar-refractivity contribution in [3.05, 3.63) is 54.1 Å². The molecule has 0 N–H and O–H groups in total. The average molecular weight is 377 g/mol. The van der Waals surface area contributed by atoms with E-state index in [4.69, 9.17) is 4.74 Å². The Kier molecular flexibility index (Phi) is 4.19. The number of carbonyl (C=O) groups is 2. The second-order valence-corrected chi connectivity index (χ2v) is 7.61. The molecule has 1 fully saturated rings. The van der Waals surface area contributed by atoms with Crippen molar-refractivity contribution in [3.8, 4) is 5.75 Å². The van der Waals surface area contributed by atoms with Crippen molar-refractivity contribution in [1.82, 2.24) is 4.90 Å². The van der Waals surface area contributed by atoms with Gasteiger partial charge in [0.15, 0.2) is 6.61 Å². The molecular formula is C22H23N3O3. The molecule has 2 aromatic carbocycles. The van der Waals surface area contributed by atoms with Crippen LogP contribution in [-0.2, 0) is 16.0 Å². The number of ether oxygens (including phenoxy) is 1. The lowest BCUT2D eigenvalue weighted by Crippen LogP contribution is -2.48. The highest BCUT2D eigenvalue weighted by molar-refractivity contribution is 6.02. The first-order valence-corrected chi connectivity index (χ1v) is 9.85. The average Bonchev–Trinajstić information content (AvgIpc) is 2.92. The largest absolute Gasteiger partial charge is 0.482 e. The Hall–Kier alpha value is -3.02. The molecule has 2 amide bonds. The molecule has 0 bridgehead atoms. The zero-order valence-electron chi connectivity index (χ0n) is 15.7. The molecule has 1 saturated heterocycles. The number of hydrogen-bond donors (Lipinski definition) is 0. The number of anilines is 2. The van der Waals surface area contributed by atoms with Gasteiger partial charge >= 0.3 is 0 Å². The summed E-state index contributed by atoms with van der Waals surface area (Å²) in [6.45, 7) is 2.45. The monoisotopic (exact) mass is 377 g/mol. The molecular weight excluding hydrogens is 354 g/mol. The minimum atomic E-state index is -0.170. The topological polar surface area (TPSA) is 53.1 Å². The van der Waals surface area contributed by atoms with Crippen LogP contribution in [0.3, 0.4) is 0 Å². The summed E-state index contributed by atoms with van der Waals surface area (Å²) < 4.78 is 5.48. The highest BCUT2D eigenvalue weighted by Gasteiger charge is 2.35. The van der Waals surface area contributed by atoms with Gasteiger partial charge in [0.2, 0.25) is 5.91 Å². The molecule has 0 radical (unpaired) electrons. The van der Waals surface area contributed by atoms with Crippen molar-refractivity contribution < 1.29 is 14.3 Å². The summed E-state index contributed by atoms with van der Waals surface area (Å²) in [4.78, 5) is 31.4. The van der Waals surface area contributed by atoms with Gasteiger partial charge in [-0.15, -0.1) is 0 Å². The van der Waals surface area contributed by atoms with Crippen LogP contribution in [0.4, 0.5) is 11.4 Å². The summed E-state index contributed by atoms with van der Waals surface area (Å²) in [6, 6.07) is 16.2. The lowest BCUT2D eigenvalue weighted by Gasteiger charge is -2.32. The molecule has 1 atom stereocenters. The number of fused-ring (bicyclic) bond motifs is 4. The number of para-hydroxylation sites is 3. The van der Waals surface area contributed by atoms with Gasteiger partial charge in [0.25, 0.3) is 5.91 Å². The maximum Gasteiger partial charge on any atom is 0.265 e. The lowest BCUT2D eigenvalue weighted by atomic mass is 10.1. The second-order valence-electron chi connectivity index (χ2n) is 7.61. The Morgan fingerprint density at radius 1 is 1.04 bits per heavy atom. The predicted molar refractivity (Wildman–Crippen MR) is 107 cm³/mol. The van der Waals surface area contributed by atoms with Crippen molar-refractivity contribution >= 4 is 23.2 Å². The fourth-order valence-electron chi connectivity index (χ4n) is 4.56. The summed E-state index contributed by atoms with van der Waals surface area (Å²) in [5, 5.41) is 0. The molecule has 3 heterocycles. The van der Waals surface area contributed by atoms with Crippen LogP contribution in [0, 0.1) is 0 Å². The van der Waals surface area contributed by atoms with Crippen LogP contribution in [-0.4, -0.2) is 55.5 Å². The number of amides is 2. The van der Waals surface area contributed by atoms with Gasteiger partial charge in [-0.3, -0.25) is 14.5 Å². The van der Waals surface area contributed by atoms with E-state index in [-0.39, 0.29) is 25.0 Å². The van der Waals surface area contributed by atoms with Crippen LogP contribution in [0.15, 0.2) is 48.5 Å². The van der Waals surface area contributed by atoms with E-state index in [9.17, 15) is 9.59 Å². The summed E-state index contributed by atoms with van der Waals surface area (Å²) in [5.74, 6) is 0.489. The van der Waals surface area contributed by atoms with E-state index in [1.54, 1.807) is 4.90 Å². The number of rotatable bonds is 2. The number of hydrogen-bond acceptors (Lipinski definition) is 4. The van der Waals surface area contributed by atoms with Crippen molar-refractivity contribution in [1.29, 1.82) is 0 Å². The molecule has 6 heteroatoms. The van der Waals surface area contributed by atoms with Gasteiger partial charge < -0.3 is 14.5 Å². The van der Waals surface area contributed by atoms with Crippen molar-refractivity contribution in [2.45, 2.75) is 18.9 Å². The third kappa shape index (κ3) is 2.89. The van der Waals surface area contributed by atoms with Crippen molar-refractivity contribution in [2.75, 3.05) is 42.6 Å². The van der Waals surface area contributed by atoms with E-state index in [1.165, 1.54) is 11.3 Å². The second kappa shape index (κ2) is 6.86. The lowest BCUT2D eigenvalue weighted by molar-refractivity contribution is -0.132. The van der Waals surface area contributed by atoms with Gasteiger partial charge in [0, 0.05) is 25.3 Å². The van der Waals surface area contributed by atoms with Crippen LogP contribution in [0.25, 0.3) is 0 Å². The highest BCUT2D eigenvalue weighted by Crippen LogP contribution is 2.34. The molecule has 0 aliphatic carbocycles. The van der Waals surface area contributed by atoms with E-state index < -0.39 is 0 Å². The van der Waals surface area contributed by atoms with Crippen LogP contribution in [0.1, 0.15) is 12.0 Å². The first-order valence-electron chi connectivity index (χ1n) is 9.85. The smallest absolute Gasteiger partial charge is 0.265 e. The fraction of sp³-hybridized carbons (Fsp3) is 0.364. The van der Waals surface area contributed by atoms with E-state index in [0.717, 1.165) is 25.9 Å². The van der Waals surface area contributed by atoms with Gasteiger partial charge in [-0.25, -0.2) is 0 Å². The zero-order valence-corrected chi connectivity index (χ0v) is 15.7. The van der Waals surface area contributed by atoms with Gasteiger partial charge in [0.1, 0.15) is 12.3 Å². The third-order valence-electron chi connectivity index (χ3n) is 5.91. The van der Waals surface area contributed by atoms with Crippen molar-refractivity contribution in [3.63, 3.8) is 0 Å². The minimum absolute atomic E-state index is 0.00265. The van der Waals surface area contributed by atoms with Crippen LogP contribution in [0.2, 0.25) is 0 Å². The SMILES string of the molecule is O=C(CN1C(=O)COc2ccccc21)N1CCCN2c3ccccc3CC2C1. The summed E-state index contributed by atoms with van der Waals surface area (Å²) in [6.07, 6.45) is 1.91. The molecule has 28 heavy (non-hydrogen) atoms. The quantitative estimate of drug-likeness (QED) is 0.804. The number of benzene rings is 2. The van der Waals surface area contributed by atoms with E-state index in [0.29, 0.717) is 24.0 Å². The van der Waals surface area contributed by atoms with Gasteiger partial charge in [-0.05, 0) is 36.6 Å². The molecule has 3 aliphatic rings. The van der Waals surface area contributed by atoms with Gasteiger partial charge in [-0.1, -0.05) is 30.3 Å². The normalized spacial score (nSPS) is 20.8. The molecule has 0 spiro atoms. The van der Waals surface area contributed by atoms with Crippen LogP contribution in [0.5, 0.6) is 5.75 Å². The third-order valence-corrected chi connectivity index (χ3v) is 5.91. The molecule has 6 nitrogen and oxygen atoms in total. The van der Waals surface area contributed by atoms with Crippen LogP contribution < -0.4 is 14.5 Å². The molecule has 1 unspecified atom stereocenters. The number of nitrogens with zero attached hydrogens (tertiary/aromatic N) is 3. The molecule has 5 rings (SSSR count). The van der Waals surface area contributed by atoms with E-state index in [1.807, 2.05) is 29.2 Å². The highest BCUT2D eigenvalue weighted by atomic mass is 16.5. The fourth-order valence-corrected chi connectivity index (χ4v) is 4.56. The maximum atomic E-state index is 13.1. The van der Waals surface area contributed by atoms with E-state index in [2.05, 4.69) is 29.2 Å². The predicted octanol–water partition coefficient (Wildman–Crippen LogP) is 2.08. The first kappa shape index (κ1) is 17.1.